The second-order valence-electron chi connectivity index (χ2n) is 6.08. The molecule has 0 spiro atoms. The van der Waals surface area contributed by atoms with E-state index in [4.69, 9.17) is 4.98 Å². The van der Waals surface area contributed by atoms with Gasteiger partial charge in [-0.3, -0.25) is 9.20 Å². The van der Waals surface area contributed by atoms with Crippen LogP contribution in [0, 0.1) is 13.8 Å². The Labute approximate surface area is 163 Å². The zero-order valence-electron chi connectivity index (χ0n) is 14.4. The van der Waals surface area contributed by atoms with E-state index in [1.54, 1.807) is 33.6 Å². The molecule has 0 amide bonds. The fourth-order valence-electron chi connectivity index (χ4n) is 2.64. The minimum Gasteiger partial charge on any atom is -0.269 e. The van der Waals surface area contributed by atoms with Crippen LogP contribution in [0.25, 0.3) is 15.5 Å². The highest BCUT2D eigenvalue weighted by Crippen LogP contribution is 2.26. The Morgan fingerprint density at radius 2 is 1.77 bits per heavy atom. The first-order chi connectivity index (χ1) is 12.6. The zero-order chi connectivity index (χ0) is 18.1. The van der Waals surface area contributed by atoms with Gasteiger partial charge in [0.25, 0.3) is 5.56 Å². The lowest BCUT2D eigenvalue weighted by Crippen LogP contribution is -2.14. The molecule has 0 saturated carbocycles. The number of hydrogen-bond acceptors (Lipinski definition) is 6. The van der Waals surface area contributed by atoms with Crippen molar-refractivity contribution in [3.63, 3.8) is 0 Å². The SMILES string of the molecule is Cc1ccc(-c2nc(CSCc3cc(=O)n4c(C)csc4n3)cs2)cc1. The second-order valence-corrected chi connectivity index (χ2v) is 8.76. The molecule has 4 aromatic rings. The lowest BCUT2D eigenvalue weighted by molar-refractivity contribution is 0.997. The molecule has 0 saturated heterocycles. The van der Waals surface area contributed by atoms with Gasteiger partial charge in [0.15, 0.2) is 4.96 Å². The van der Waals surface area contributed by atoms with Gasteiger partial charge in [-0.25, -0.2) is 9.97 Å². The Balaban J connectivity index is 1.42. The monoisotopic (exact) mass is 399 g/mol. The number of nitrogens with zero attached hydrogens (tertiary/aromatic N) is 3. The summed E-state index contributed by atoms with van der Waals surface area (Å²) < 4.78 is 1.66. The highest BCUT2D eigenvalue weighted by molar-refractivity contribution is 7.97. The van der Waals surface area contributed by atoms with Gasteiger partial charge >= 0.3 is 0 Å². The van der Waals surface area contributed by atoms with E-state index in [1.807, 2.05) is 12.3 Å². The third kappa shape index (κ3) is 3.60. The molecule has 7 heteroatoms. The van der Waals surface area contributed by atoms with Crippen LogP contribution in [-0.4, -0.2) is 14.4 Å². The van der Waals surface area contributed by atoms with Gasteiger partial charge in [0.05, 0.1) is 11.4 Å². The molecule has 0 atom stereocenters. The minimum absolute atomic E-state index is 0.000310. The first-order valence-corrected chi connectivity index (χ1v) is 11.1. The molecule has 0 unspecified atom stereocenters. The van der Waals surface area contributed by atoms with Crippen molar-refractivity contribution in [2.45, 2.75) is 25.4 Å². The molecule has 26 heavy (non-hydrogen) atoms. The summed E-state index contributed by atoms with van der Waals surface area (Å²) in [7, 11) is 0. The molecule has 0 bridgehead atoms. The van der Waals surface area contributed by atoms with Crippen LogP contribution in [0.15, 0.2) is 45.9 Å². The molecule has 1 aromatic carbocycles. The molecule has 0 aliphatic rings. The van der Waals surface area contributed by atoms with E-state index in [0.29, 0.717) is 5.75 Å². The molecule has 0 radical (unpaired) electrons. The molecule has 132 valence electrons. The van der Waals surface area contributed by atoms with E-state index >= 15 is 0 Å². The van der Waals surface area contributed by atoms with Gasteiger partial charge in [0.2, 0.25) is 0 Å². The Hall–Kier alpha value is -1.96. The number of thiazole rings is 2. The average molecular weight is 400 g/mol. The van der Waals surface area contributed by atoms with Crippen LogP contribution in [0.5, 0.6) is 0 Å². The third-order valence-corrected chi connectivity index (χ3v) is 6.86. The summed E-state index contributed by atoms with van der Waals surface area (Å²) in [5, 5.41) is 5.12. The summed E-state index contributed by atoms with van der Waals surface area (Å²) in [6.07, 6.45) is 0. The number of hydrogen-bond donors (Lipinski definition) is 0. The van der Waals surface area contributed by atoms with Crippen LogP contribution in [0.1, 0.15) is 22.6 Å². The summed E-state index contributed by atoms with van der Waals surface area (Å²) in [5.74, 6) is 1.52. The molecule has 0 N–H and O–H groups in total. The number of aromatic nitrogens is 3. The highest BCUT2D eigenvalue weighted by atomic mass is 32.2. The topological polar surface area (TPSA) is 47.3 Å². The summed E-state index contributed by atoms with van der Waals surface area (Å²) in [5.41, 5.74) is 5.25. The maximum absolute atomic E-state index is 12.2. The number of benzene rings is 1. The predicted octanol–water partition coefficient (Wildman–Crippen LogP) is 4.93. The summed E-state index contributed by atoms with van der Waals surface area (Å²) in [6, 6.07) is 10.1. The van der Waals surface area contributed by atoms with Gasteiger partial charge in [-0.1, -0.05) is 29.8 Å². The van der Waals surface area contributed by atoms with Gasteiger partial charge in [-0.2, -0.15) is 0 Å². The maximum atomic E-state index is 12.2. The van der Waals surface area contributed by atoms with Crippen molar-refractivity contribution >= 4 is 39.4 Å². The Bertz CT molecular complexity index is 1110. The van der Waals surface area contributed by atoms with Gasteiger partial charge in [0, 0.05) is 39.6 Å². The van der Waals surface area contributed by atoms with Crippen LogP contribution in [-0.2, 0) is 11.5 Å². The Morgan fingerprint density at radius 1 is 1.00 bits per heavy atom. The van der Waals surface area contributed by atoms with Crippen LogP contribution < -0.4 is 5.56 Å². The maximum Gasteiger partial charge on any atom is 0.258 e. The van der Waals surface area contributed by atoms with Crippen LogP contribution >= 0.6 is 34.4 Å². The smallest absolute Gasteiger partial charge is 0.258 e. The number of fused-ring (bicyclic) bond motifs is 1. The summed E-state index contributed by atoms with van der Waals surface area (Å²) >= 11 is 4.91. The normalized spacial score (nSPS) is 11.3. The number of thioether (sulfide) groups is 1. The van der Waals surface area contributed by atoms with E-state index in [-0.39, 0.29) is 5.56 Å². The van der Waals surface area contributed by atoms with Gasteiger partial charge in [-0.05, 0) is 13.8 Å². The van der Waals surface area contributed by atoms with Crippen LogP contribution in [0.2, 0.25) is 0 Å². The van der Waals surface area contributed by atoms with Crippen molar-refractivity contribution in [1.82, 2.24) is 14.4 Å². The fourth-order valence-corrected chi connectivity index (χ4v) is 5.28. The second kappa shape index (κ2) is 7.34. The molecule has 4 nitrogen and oxygen atoms in total. The number of aryl methyl sites for hydroxylation is 2. The summed E-state index contributed by atoms with van der Waals surface area (Å²) in [6.45, 7) is 4.01. The highest BCUT2D eigenvalue weighted by Gasteiger charge is 2.08. The van der Waals surface area contributed by atoms with Crippen molar-refractivity contribution in [3.8, 4) is 10.6 Å². The Kier molecular flexibility index (Phi) is 4.93. The van der Waals surface area contributed by atoms with Crippen molar-refractivity contribution in [3.05, 3.63) is 74.1 Å². The Morgan fingerprint density at radius 3 is 2.58 bits per heavy atom. The van der Waals surface area contributed by atoms with Gasteiger partial charge < -0.3 is 0 Å². The molecule has 0 fully saturated rings. The zero-order valence-corrected chi connectivity index (χ0v) is 16.9. The van der Waals surface area contributed by atoms with E-state index in [2.05, 4.69) is 41.6 Å². The minimum atomic E-state index is -0.000310. The molecular weight excluding hydrogens is 382 g/mol. The molecule has 0 aliphatic heterocycles. The first-order valence-electron chi connectivity index (χ1n) is 8.16. The molecule has 0 aliphatic carbocycles. The van der Waals surface area contributed by atoms with E-state index in [1.165, 1.54) is 16.9 Å². The van der Waals surface area contributed by atoms with Crippen molar-refractivity contribution in [2.75, 3.05) is 0 Å². The summed E-state index contributed by atoms with van der Waals surface area (Å²) in [4.78, 5) is 22.3. The van der Waals surface area contributed by atoms with E-state index in [0.717, 1.165) is 38.4 Å². The van der Waals surface area contributed by atoms with Gasteiger partial charge in [0.1, 0.15) is 5.01 Å². The lowest BCUT2D eigenvalue weighted by Gasteiger charge is -2.01. The van der Waals surface area contributed by atoms with Crippen molar-refractivity contribution in [2.24, 2.45) is 0 Å². The van der Waals surface area contributed by atoms with E-state index in [9.17, 15) is 4.79 Å². The molecule has 3 aromatic heterocycles. The van der Waals surface area contributed by atoms with Crippen LogP contribution in [0.4, 0.5) is 0 Å². The molecule has 3 heterocycles. The average Bonchev–Trinajstić information content (AvgIpc) is 3.23. The standard InChI is InChI=1S/C19H17N3OS3/c1-12-3-5-14(6-4-12)18-20-16(11-25-18)10-24-9-15-7-17(23)22-13(2)8-26-19(22)21-15/h3-8,11H,9-10H2,1-2H3. The quantitative estimate of drug-likeness (QED) is 0.477. The fraction of sp³-hybridized carbons (Fsp3) is 0.211. The lowest BCUT2D eigenvalue weighted by atomic mass is 10.2. The van der Waals surface area contributed by atoms with Crippen LogP contribution in [0.3, 0.4) is 0 Å². The van der Waals surface area contributed by atoms with Gasteiger partial charge in [-0.15, -0.1) is 34.4 Å². The third-order valence-electron chi connectivity index (χ3n) is 3.98. The van der Waals surface area contributed by atoms with Crippen molar-refractivity contribution in [1.29, 1.82) is 0 Å². The largest absolute Gasteiger partial charge is 0.269 e. The molecular formula is C19H17N3OS3. The first kappa shape index (κ1) is 17.5. The molecule has 4 rings (SSSR count). The van der Waals surface area contributed by atoms with E-state index < -0.39 is 0 Å². The number of rotatable bonds is 5. The predicted molar refractivity (Wildman–Crippen MR) is 111 cm³/mol. The van der Waals surface area contributed by atoms with Crippen molar-refractivity contribution < 1.29 is 0 Å².